The lowest BCUT2D eigenvalue weighted by Gasteiger charge is -2.27. The van der Waals surface area contributed by atoms with Gasteiger partial charge in [0.15, 0.2) is 0 Å². The van der Waals surface area contributed by atoms with Crippen molar-refractivity contribution >= 4 is 19.7 Å². The van der Waals surface area contributed by atoms with E-state index in [0.717, 1.165) is 77.0 Å². The Balaban J connectivity index is 5.26. The van der Waals surface area contributed by atoms with E-state index in [4.69, 9.17) is 13.8 Å². The molecule has 9 nitrogen and oxygen atoms in total. The van der Waals surface area contributed by atoms with Gasteiger partial charge in [-0.2, -0.15) is 0 Å². The van der Waals surface area contributed by atoms with E-state index in [-0.39, 0.29) is 25.1 Å². The summed E-state index contributed by atoms with van der Waals surface area (Å²) in [6, 6.07) is -0.850. The number of likely N-dealkylation sites (N-methyl/N-ethyl adjacent to an activating group) is 1. The van der Waals surface area contributed by atoms with Crippen LogP contribution in [0.2, 0.25) is 0 Å². The van der Waals surface area contributed by atoms with Gasteiger partial charge in [0, 0.05) is 12.8 Å². The number of nitrogens with one attached hydrogen (secondary N) is 1. The number of carbonyl (C=O) groups excluding carboxylic acids is 2. The Morgan fingerprint density at radius 3 is 1.23 bits per heavy atom. The number of hydrogen-bond donors (Lipinski definition) is 2. The molecule has 0 radical (unpaired) electrons. The van der Waals surface area contributed by atoms with Gasteiger partial charge in [0.05, 0.1) is 33.8 Å². The molecule has 3 unspecified atom stereocenters. The second-order valence-electron chi connectivity index (χ2n) is 22.6. The average Bonchev–Trinajstić information content (AvgIpc) is 3.35. The highest BCUT2D eigenvalue weighted by atomic mass is 31.2. The summed E-state index contributed by atoms with van der Waals surface area (Å²) >= 11 is 0. The van der Waals surface area contributed by atoms with Crippen LogP contribution < -0.4 is 5.32 Å². The SMILES string of the molecule is CCCCC/C=C/C=C/CCCCCCCCC(=O)NC(COP(=O)(O)OCC[N+](C)(C)C)C(/C=C/CCCCCCCCCCCCC)OC(=O)CCCCCCCCCCCCCCCCCCCCC. The van der Waals surface area contributed by atoms with E-state index >= 15 is 0 Å². The van der Waals surface area contributed by atoms with Crippen LogP contribution >= 0.6 is 7.82 Å². The monoisotopic (exact) mass is 1050 g/mol. The molecule has 0 aliphatic rings. The standard InChI is InChI=1S/C63H121N2O7P/c1-7-10-13-16-19-22-25-28-30-31-32-33-35-38-41-44-47-50-53-56-63(67)72-61(54-51-48-45-42-39-36-27-24-21-18-15-12-9-3)60(59-71-73(68,69)70-58-57-65(4,5)6)64-62(66)55-52-49-46-43-40-37-34-29-26-23-20-17-14-11-8-2/h20,23,26,29,51,54,60-61H,7-19,21-22,24-25,27-28,30-50,52-53,55-59H2,1-6H3,(H-,64,66,68,69)/p+1/b23-20+,29-26+,54-51+. The maximum absolute atomic E-state index is 13.5. The fourth-order valence-corrected chi connectivity index (χ4v) is 9.96. The Morgan fingerprint density at radius 2 is 0.822 bits per heavy atom. The fourth-order valence-electron chi connectivity index (χ4n) is 9.23. The molecule has 430 valence electrons. The first-order valence-corrected chi connectivity index (χ1v) is 32.8. The van der Waals surface area contributed by atoms with Crippen molar-refractivity contribution in [2.75, 3.05) is 40.9 Å². The van der Waals surface area contributed by atoms with Gasteiger partial charge >= 0.3 is 13.8 Å². The number of amides is 1. The van der Waals surface area contributed by atoms with Crippen molar-refractivity contribution in [3.05, 3.63) is 36.5 Å². The van der Waals surface area contributed by atoms with Crippen LogP contribution in [0, 0.1) is 0 Å². The number of phosphoric ester groups is 1. The highest BCUT2D eigenvalue weighted by molar-refractivity contribution is 7.47. The van der Waals surface area contributed by atoms with Crippen LogP contribution in [0.15, 0.2) is 36.5 Å². The number of nitrogens with zero attached hydrogens (tertiary/aromatic N) is 1. The first-order chi connectivity index (χ1) is 35.4. The highest BCUT2D eigenvalue weighted by Gasteiger charge is 2.30. The second kappa shape index (κ2) is 53.6. The van der Waals surface area contributed by atoms with Crippen molar-refractivity contribution < 1.29 is 37.3 Å². The van der Waals surface area contributed by atoms with E-state index in [2.05, 4.69) is 50.4 Å². The molecule has 0 aliphatic heterocycles. The number of hydrogen-bond acceptors (Lipinski definition) is 6. The van der Waals surface area contributed by atoms with Crippen LogP contribution in [0.1, 0.15) is 303 Å². The number of quaternary nitrogens is 1. The molecule has 0 bridgehead atoms. The number of esters is 1. The largest absolute Gasteiger partial charge is 0.472 e. The molecule has 0 saturated heterocycles. The minimum atomic E-state index is -4.45. The lowest BCUT2D eigenvalue weighted by Crippen LogP contribution is -2.47. The Hall–Kier alpha value is -1.77. The predicted molar refractivity (Wildman–Crippen MR) is 314 cm³/mol. The average molecular weight is 1050 g/mol. The van der Waals surface area contributed by atoms with Crippen molar-refractivity contribution in [2.45, 2.75) is 315 Å². The highest BCUT2D eigenvalue weighted by Crippen LogP contribution is 2.43. The van der Waals surface area contributed by atoms with Gasteiger partial charge in [-0.3, -0.25) is 18.6 Å². The number of unbranched alkanes of at least 4 members (excludes halogenated alkanes) is 38. The van der Waals surface area contributed by atoms with E-state index in [1.54, 1.807) is 0 Å². The third-order valence-electron chi connectivity index (χ3n) is 14.1. The van der Waals surface area contributed by atoms with Gasteiger partial charge in [-0.15, -0.1) is 0 Å². The van der Waals surface area contributed by atoms with Crippen LogP contribution in [0.25, 0.3) is 0 Å². The third-order valence-corrected chi connectivity index (χ3v) is 15.1. The summed E-state index contributed by atoms with van der Waals surface area (Å²) in [6.07, 6.45) is 64.2. The topological polar surface area (TPSA) is 111 Å². The molecule has 73 heavy (non-hydrogen) atoms. The molecule has 0 aliphatic carbocycles. The van der Waals surface area contributed by atoms with Crippen molar-refractivity contribution in [3.63, 3.8) is 0 Å². The number of carbonyl (C=O) groups is 2. The summed E-state index contributed by atoms with van der Waals surface area (Å²) in [5.41, 5.74) is 0. The third kappa shape index (κ3) is 54.8. The molecule has 0 saturated carbocycles. The molecule has 0 spiro atoms. The van der Waals surface area contributed by atoms with Crippen molar-refractivity contribution in [2.24, 2.45) is 0 Å². The zero-order valence-electron chi connectivity index (χ0n) is 49.1. The fraction of sp³-hybridized carbons (Fsp3) is 0.873. The molecular weight excluding hydrogens is 928 g/mol. The zero-order valence-corrected chi connectivity index (χ0v) is 50.0. The van der Waals surface area contributed by atoms with Crippen molar-refractivity contribution in [1.29, 1.82) is 0 Å². The van der Waals surface area contributed by atoms with Gasteiger partial charge in [0.2, 0.25) is 5.91 Å². The maximum atomic E-state index is 13.5. The van der Waals surface area contributed by atoms with E-state index in [9.17, 15) is 19.0 Å². The number of ether oxygens (including phenoxy) is 1. The first-order valence-electron chi connectivity index (χ1n) is 31.3. The molecule has 3 atom stereocenters. The minimum absolute atomic E-state index is 0.0399. The summed E-state index contributed by atoms with van der Waals surface area (Å²) in [4.78, 5) is 37.7. The van der Waals surface area contributed by atoms with Gasteiger partial charge in [-0.05, 0) is 57.4 Å². The molecule has 10 heteroatoms. The van der Waals surface area contributed by atoms with Crippen LogP contribution in [-0.4, -0.2) is 74.3 Å². The minimum Gasteiger partial charge on any atom is -0.456 e. The second-order valence-corrected chi connectivity index (χ2v) is 24.1. The van der Waals surface area contributed by atoms with Crippen LogP contribution in [-0.2, 0) is 27.9 Å². The first kappa shape index (κ1) is 71.2. The smallest absolute Gasteiger partial charge is 0.456 e. The Kier molecular flexibility index (Phi) is 52.3. The van der Waals surface area contributed by atoms with Gasteiger partial charge in [-0.25, -0.2) is 4.57 Å². The van der Waals surface area contributed by atoms with Gasteiger partial charge in [0.25, 0.3) is 0 Å². The van der Waals surface area contributed by atoms with Gasteiger partial charge in [0.1, 0.15) is 19.3 Å². The number of rotatable bonds is 57. The molecule has 1 amide bonds. The van der Waals surface area contributed by atoms with E-state index in [0.29, 0.717) is 23.9 Å². The predicted octanol–water partition coefficient (Wildman–Crippen LogP) is 19.1. The Bertz CT molecular complexity index is 1350. The molecular formula is C63H122N2O7P+. The number of allylic oxidation sites excluding steroid dienone is 5. The quantitative estimate of drug-likeness (QED) is 0.0156. The van der Waals surface area contributed by atoms with E-state index in [1.165, 1.54) is 193 Å². The molecule has 0 fully saturated rings. The molecule has 0 heterocycles. The van der Waals surface area contributed by atoms with Crippen LogP contribution in [0.5, 0.6) is 0 Å². The molecule has 0 aromatic heterocycles. The lowest BCUT2D eigenvalue weighted by atomic mass is 10.0. The number of phosphoric acid groups is 1. The molecule has 2 N–H and O–H groups in total. The zero-order chi connectivity index (χ0) is 53.6. The van der Waals surface area contributed by atoms with Crippen molar-refractivity contribution in [1.82, 2.24) is 5.32 Å². The summed E-state index contributed by atoms with van der Waals surface area (Å²) in [5, 5.41) is 3.05. The summed E-state index contributed by atoms with van der Waals surface area (Å²) < 4.78 is 30.7. The van der Waals surface area contributed by atoms with E-state index in [1.807, 2.05) is 33.3 Å². The van der Waals surface area contributed by atoms with E-state index < -0.39 is 20.0 Å². The van der Waals surface area contributed by atoms with Crippen LogP contribution in [0.4, 0.5) is 0 Å². The summed E-state index contributed by atoms with van der Waals surface area (Å²) in [5.74, 6) is -0.505. The summed E-state index contributed by atoms with van der Waals surface area (Å²) in [6.45, 7) is 7.01. The maximum Gasteiger partial charge on any atom is 0.472 e. The van der Waals surface area contributed by atoms with Gasteiger partial charge in [-0.1, -0.05) is 269 Å². The molecule has 0 aromatic carbocycles. The Labute approximate surface area is 453 Å². The van der Waals surface area contributed by atoms with Crippen molar-refractivity contribution in [3.8, 4) is 0 Å². The lowest BCUT2D eigenvalue weighted by molar-refractivity contribution is -0.870. The van der Waals surface area contributed by atoms with Gasteiger partial charge < -0.3 is 19.4 Å². The van der Waals surface area contributed by atoms with Crippen LogP contribution in [0.3, 0.4) is 0 Å². The Morgan fingerprint density at radius 1 is 0.479 bits per heavy atom. The normalized spacial score (nSPS) is 13.9. The molecule has 0 rings (SSSR count). The summed E-state index contributed by atoms with van der Waals surface area (Å²) in [7, 11) is 1.50. The molecule has 0 aromatic rings.